The second-order valence-corrected chi connectivity index (χ2v) is 8.82. The minimum absolute atomic E-state index is 0.0755. The van der Waals surface area contributed by atoms with Crippen LogP contribution in [0.4, 0.5) is 20.4 Å². The standard InChI is InChI=1S/C29H20F2N8O/c1-16-6-11-23(31)25-24(16)29(40)39(21-5-3-4-18(12-21)13-32)28(38-25)17(2)37-27-22(26(33)35-15-36-27)10-9-20-8-7-19(30)14-34-20/h3-8,11-12,14-15,17H,1-2H3,(H3,33,35,36,37). The van der Waals surface area contributed by atoms with Crippen molar-refractivity contribution in [1.29, 1.82) is 5.26 Å². The first-order valence-electron chi connectivity index (χ1n) is 12.0. The fraction of sp³-hybridized carbons (Fsp3) is 0.103. The van der Waals surface area contributed by atoms with Gasteiger partial charge in [-0.15, -0.1) is 0 Å². The van der Waals surface area contributed by atoms with E-state index < -0.39 is 23.2 Å². The lowest BCUT2D eigenvalue weighted by Gasteiger charge is -2.21. The van der Waals surface area contributed by atoms with Crippen molar-refractivity contribution in [3.05, 3.63) is 111 Å². The average Bonchev–Trinajstić information content (AvgIpc) is 2.95. The number of nitrogens with one attached hydrogen (secondary N) is 1. The van der Waals surface area contributed by atoms with E-state index in [1.165, 1.54) is 35.2 Å². The Labute approximate surface area is 227 Å². The third-order valence-corrected chi connectivity index (χ3v) is 6.10. The molecule has 196 valence electrons. The van der Waals surface area contributed by atoms with E-state index >= 15 is 0 Å². The quantitative estimate of drug-likeness (QED) is 0.328. The van der Waals surface area contributed by atoms with Crippen molar-refractivity contribution >= 4 is 22.5 Å². The maximum absolute atomic E-state index is 14.9. The molecule has 0 aliphatic rings. The van der Waals surface area contributed by atoms with E-state index in [-0.39, 0.29) is 33.9 Å². The molecule has 0 aliphatic carbocycles. The highest BCUT2D eigenvalue weighted by Gasteiger charge is 2.22. The van der Waals surface area contributed by atoms with Crippen molar-refractivity contribution in [2.75, 3.05) is 11.1 Å². The second kappa shape index (κ2) is 10.6. The first-order chi connectivity index (χ1) is 19.3. The van der Waals surface area contributed by atoms with E-state index in [1.54, 1.807) is 38.1 Å². The van der Waals surface area contributed by atoms with Crippen molar-refractivity contribution in [1.82, 2.24) is 24.5 Å². The van der Waals surface area contributed by atoms with E-state index in [2.05, 4.69) is 43.2 Å². The molecule has 3 heterocycles. The molecule has 9 nitrogen and oxygen atoms in total. The Morgan fingerprint density at radius 2 is 1.90 bits per heavy atom. The van der Waals surface area contributed by atoms with Crippen LogP contribution in [0.15, 0.2) is 65.8 Å². The summed E-state index contributed by atoms with van der Waals surface area (Å²) in [6, 6.07) is 13.2. The molecule has 1 unspecified atom stereocenters. The monoisotopic (exact) mass is 534 g/mol. The van der Waals surface area contributed by atoms with Gasteiger partial charge in [0.25, 0.3) is 5.56 Å². The van der Waals surface area contributed by atoms with Gasteiger partial charge in [-0.1, -0.05) is 18.1 Å². The molecule has 0 saturated heterocycles. The number of aryl methyl sites for hydroxylation is 1. The topological polar surface area (TPSA) is 135 Å². The van der Waals surface area contributed by atoms with Gasteiger partial charge in [0, 0.05) is 0 Å². The summed E-state index contributed by atoms with van der Waals surface area (Å²) in [6.07, 6.45) is 2.29. The fourth-order valence-electron chi connectivity index (χ4n) is 4.16. The normalized spacial score (nSPS) is 11.4. The fourth-order valence-corrected chi connectivity index (χ4v) is 4.16. The number of pyridine rings is 1. The number of nitriles is 1. The Balaban J connectivity index is 1.66. The number of hydrogen-bond donors (Lipinski definition) is 2. The number of fused-ring (bicyclic) bond motifs is 1. The number of nitrogens with two attached hydrogens (primary N) is 1. The number of hydrogen-bond acceptors (Lipinski definition) is 8. The number of halogens is 2. The molecule has 3 aromatic heterocycles. The molecule has 0 radical (unpaired) electrons. The van der Waals surface area contributed by atoms with Crippen molar-refractivity contribution in [3.63, 3.8) is 0 Å². The molecular weight excluding hydrogens is 514 g/mol. The molecule has 2 aromatic carbocycles. The van der Waals surface area contributed by atoms with Gasteiger partial charge in [-0.3, -0.25) is 9.36 Å². The molecule has 0 fully saturated rings. The summed E-state index contributed by atoms with van der Waals surface area (Å²) < 4.78 is 29.5. The molecule has 0 amide bonds. The third kappa shape index (κ3) is 4.91. The van der Waals surface area contributed by atoms with Crippen molar-refractivity contribution in [2.24, 2.45) is 0 Å². The van der Waals surface area contributed by atoms with Gasteiger partial charge in [-0.25, -0.2) is 28.7 Å². The molecule has 11 heteroatoms. The molecular formula is C29H20F2N8O. The number of anilines is 2. The molecule has 0 saturated carbocycles. The molecule has 5 rings (SSSR count). The van der Waals surface area contributed by atoms with Crippen LogP contribution in [-0.4, -0.2) is 24.5 Å². The summed E-state index contributed by atoms with van der Waals surface area (Å²) in [5.74, 6) is 4.99. The van der Waals surface area contributed by atoms with Gasteiger partial charge in [0.05, 0.1) is 34.9 Å². The summed E-state index contributed by atoms with van der Waals surface area (Å²) in [7, 11) is 0. The summed E-state index contributed by atoms with van der Waals surface area (Å²) in [6.45, 7) is 3.41. The Bertz CT molecular complexity index is 1940. The van der Waals surface area contributed by atoms with Crippen LogP contribution < -0.4 is 16.6 Å². The molecule has 0 spiro atoms. The van der Waals surface area contributed by atoms with Crippen LogP contribution in [0, 0.1) is 41.7 Å². The summed E-state index contributed by atoms with van der Waals surface area (Å²) >= 11 is 0. The Morgan fingerprint density at radius 3 is 2.65 bits per heavy atom. The first kappa shape index (κ1) is 25.9. The molecule has 1 atom stereocenters. The third-order valence-electron chi connectivity index (χ3n) is 6.10. The number of rotatable bonds is 4. The van der Waals surface area contributed by atoms with Gasteiger partial charge < -0.3 is 11.1 Å². The van der Waals surface area contributed by atoms with Crippen LogP contribution in [0.25, 0.3) is 16.6 Å². The second-order valence-electron chi connectivity index (χ2n) is 8.82. The van der Waals surface area contributed by atoms with E-state index in [0.717, 1.165) is 6.20 Å². The average molecular weight is 535 g/mol. The highest BCUT2D eigenvalue weighted by Crippen LogP contribution is 2.26. The van der Waals surface area contributed by atoms with E-state index in [0.29, 0.717) is 22.5 Å². The molecule has 5 aromatic rings. The zero-order valence-electron chi connectivity index (χ0n) is 21.3. The molecule has 3 N–H and O–H groups in total. The minimum Gasteiger partial charge on any atom is -0.382 e. The van der Waals surface area contributed by atoms with Crippen LogP contribution in [0.2, 0.25) is 0 Å². The van der Waals surface area contributed by atoms with E-state index in [1.807, 2.05) is 0 Å². The summed E-state index contributed by atoms with van der Waals surface area (Å²) in [4.78, 5) is 30.6. The number of benzene rings is 2. The van der Waals surface area contributed by atoms with Crippen LogP contribution in [0.3, 0.4) is 0 Å². The Hall–Kier alpha value is -5.68. The first-order valence-corrected chi connectivity index (χ1v) is 12.0. The lowest BCUT2D eigenvalue weighted by molar-refractivity contribution is 0.621. The predicted octanol–water partition coefficient (Wildman–Crippen LogP) is 4.18. The molecule has 40 heavy (non-hydrogen) atoms. The Morgan fingerprint density at radius 1 is 1.07 bits per heavy atom. The van der Waals surface area contributed by atoms with E-state index in [9.17, 15) is 18.8 Å². The predicted molar refractivity (Wildman–Crippen MR) is 145 cm³/mol. The van der Waals surface area contributed by atoms with Crippen LogP contribution in [-0.2, 0) is 0 Å². The largest absolute Gasteiger partial charge is 0.382 e. The zero-order valence-corrected chi connectivity index (χ0v) is 21.3. The number of aromatic nitrogens is 5. The summed E-state index contributed by atoms with van der Waals surface area (Å²) in [5.41, 5.74) is 7.33. The number of nitrogen functional groups attached to an aromatic ring is 1. The zero-order chi connectivity index (χ0) is 28.4. The van der Waals surface area contributed by atoms with Crippen LogP contribution >= 0.6 is 0 Å². The van der Waals surface area contributed by atoms with Crippen molar-refractivity contribution < 1.29 is 8.78 Å². The Kier molecular flexibility index (Phi) is 6.87. The number of nitrogens with zero attached hydrogens (tertiary/aromatic N) is 6. The highest BCUT2D eigenvalue weighted by atomic mass is 19.1. The van der Waals surface area contributed by atoms with Crippen LogP contribution in [0.5, 0.6) is 0 Å². The van der Waals surface area contributed by atoms with Gasteiger partial charge in [0.15, 0.2) is 0 Å². The SMILES string of the molecule is Cc1ccc(F)c2nc(C(C)Nc3ncnc(N)c3C#Cc3ccc(F)cn3)n(-c3cccc(C#N)c3)c(=O)c12. The van der Waals surface area contributed by atoms with Gasteiger partial charge in [-0.2, -0.15) is 5.26 Å². The van der Waals surface area contributed by atoms with Crippen molar-refractivity contribution in [3.8, 4) is 23.6 Å². The van der Waals surface area contributed by atoms with E-state index in [4.69, 9.17) is 5.73 Å². The maximum Gasteiger partial charge on any atom is 0.266 e. The van der Waals surface area contributed by atoms with Gasteiger partial charge in [0.1, 0.15) is 52.2 Å². The molecule has 0 aliphatic heterocycles. The van der Waals surface area contributed by atoms with Gasteiger partial charge in [-0.05, 0) is 61.7 Å². The maximum atomic E-state index is 14.9. The smallest absolute Gasteiger partial charge is 0.266 e. The van der Waals surface area contributed by atoms with Gasteiger partial charge >= 0.3 is 0 Å². The van der Waals surface area contributed by atoms with Crippen LogP contribution in [0.1, 0.15) is 41.2 Å². The van der Waals surface area contributed by atoms with Gasteiger partial charge in [0.2, 0.25) is 0 Å². The van der Waals surface area contributed by atoms with Crippen molar-refractivity contribution in [2.45, 2.75) is 19.9 Å². The lowest BCUT2D eigenvalue weighted by Crippen LogP contribution is -2.28. The highest BCUT2D eigenvalue weighted by molar-refractivity contribution is 5.82. The summed E-state index contributed by atoms with van der Waals surface area (Å²) in [5, 5.41) is 12.7. The molecule has 0 bridgehead atoms. The minimum atomic E-state index is -0.735. The lowest BCUT2D eigenvalue weighted by atomic mass is 10.1.